The van der Waals surface area contributed by atoms with Gasteiger partial charge in [0, 0.05) is 17.8 Å². The van der Waals surface area contributed by atoms with Crippen molar-refractivity contribution in [1.29, 1.82) is 15.8 Å². The van der Waals surface area contributed by atoms with E-state index in [2.05, 4.69) is 16.0 Å². The van der Waals surface area contributed by atoms with Crippen LogP contribution in [0.15, 0.2) is 65.7 Å². The van der Waals surface area contributed by atoms with Gasteiger partial charge in [-0.25, -0.2) is 4.98 Å². The lowest BCUT2D eigenvalue weighted by molar-refractivity contribution is 1.14. The van der Waals surface area contributed by atoms with Crippen LogP contribution in [0.4, 0.5) is 0 Å². The van der Waals surface area contributed by atoms with Crippen LogP contribution in [0.2, 0.25) is 0 Å². The van der Waals surface area contributed by atoms with E-state index in [0.717, 1.165) is 11.1 Å². The monoisotopic (exact) mass is 398 g/mol. The molecule has 0 fully saturated rings. The first-order chi connectivity index (χ1) is 15.2. The molecule has 142 valence electrons. The largest absolute Gasteiger partial charge is 0.268 e. The highest BCUT2D eigenvalue weighted by Gasteiger charge is 2.17. The molecule has 0 radical (unpaired) electrons. The average Bonchev–Trinajstić information content (AvgIpc) is 3.14. The molecule has 0 saturated heterocycles. The minimum Gasteiger partial charge on any atom is -0.268 e. The molecule has 7 nitrogen and oxygen atoms in total. The summed E-state index contributed by atoms with van der Waals surface area (Å²) in [5.74, 6) is 0. The number of hydrogen-bond acceptors (Lipinski definition) is 6. The number of nitriles is 3. The second kappa shape index (κ2) is 6.77. The van der Waals surface area contributed by atoms with Gasteiger partial charge in [-0.3, -0.25) is 14.2 Å². The SMILES string of the molecule is N#CC(C#N)=c1c2cc(C#N)ccc2n2c(=O)c3cc(-c4ccncc4)ccc3nc12. The van der Waals surface area contributed by atoms with Crippen molar-refractivity contribution in [3.05, 3.63) is 82.1 Å². The van der Waals surface area contributed by atoms with Crippen molar-refractivity contribution in [3.63, 3.8) is 0 Å². The molecular weight excluding hydrogens is 388 g/mol. The van der Waals surface area contributed by atoms with Crippen LogP contribution in [0, 0.1) is 34.0 Å². The molecule has 0 saturated carbocycles. The fraction of sp³-hybridized carbons (Fsp3) is 0. The van der Waals surface area contributed by atoms with Crippen LogP contribution in [0.25, 0.3) is 44.2 Å². The first-order valence-electron chi connectivity index (χ1n) is 9.23. The van der Waals surface area contributed by atoms with Crippen LogP contribution in [0.3, 0.4) is 0 Å². The van der Waals surface area contributed by atoms with Crippen LogP contribution < -0.4 is 10.8 Å². The van der Waals surface area contributed by atoms with E-state index < -0.39 is 0 Å². The highest BCUT2D eigenvalue weighted by molar-refractivity contribution is 5.96. The van der Waals surface area contributed by atoms with Crippen molar-refractivity contribution >= 4 is 33.0 Å². The van der Waals surface area contributed by atoms with E-state index >= 15 is 0 Å². The fourth-order valence-corrected chi connectivity index (χ4v) is 3.81. The summed E-state index contributed by atoms with van der Waals surface area (Å²) >= 11 is 0. The van der Waals surface area contributed by atoms with E-state index in [9.17, 15) is 20.6 Å². The third-order valence-electron chi connectivity index (χ3n) is 5.21. The Hall–Kier alpha value is -5.06. The molecule has 5 rings (SSSR count). The summed E-state index contributed by atoms with van der Waals surface area (Å²) in [7, 11) is 0. The Morgan fingerprint density at radius 2 is 1.65 bits per heavy atom. The van der Waals surface area contributed by atoms with E-state index in [1.165, 1.54) is 4.40 Å². The van der Waals surface area contributed by atoms with Gasteiger partial charge in [-0.2, -0.15) is 15.8 Å². The first-order valence-corrected chi connectivity index (χ1v) is 9.23. The molecule has 31 heavy (non-hydrogen) atoms. The Balaban J connectivity index is 2.00. The zero-order chi connectivity index (χ0) is 21.5. The summed E-state index contributed by atoms with van der Waals surface area (Å²) in [6.07, 6.45) is 3.36. The van der Waals surface area contributed by atoms with Crippen LogP contribution in [0.5, 0.6) is 0 Å². The lowest BCUT2D eigenvalue weighted by Gasteiger charge is -2.04. The number of nitrogens with zero attached hydrogens (tertiary/aromatic N) is 6. The predicted molar refractivity (Wildman–Crippen MR) is 114 cm³/mol. The maximum Gasteiger partial charge on any atom is 0.266 e. The maximum atomic E-state index is 13.5. The summed E-state index contributed by atoms with van der Waals surface area (Å²) in [5, 5.41) is 29.4. The molecule has 0 N–H and O–H groups in total. The Kier molecular flexibility index (Phi) is 3.93. The van der Waals surface area contributed by atoms with Gasteiger partial charge in [-0.1, -0.05) is 6.07 Å². The molecular formula is C24H10N6O. The molecule has 3 heterocycles. The van der Waals surface area contributed by atoms with Gasteiger partial charge in [-0.15, -0.1) is 0 Å². The second-order valence-electron chi connectivity index (χ2n) is 6.86. The van der Waals surface area contributed by atoms with Crippen LogP contribution in [0.1, 0.15) is 5.56 Å². The average molecular weight is 398 g/mol. The molecule has 0 unspecified atom stereocenters. The highest BCUT2D eigenvalue weighted by atomic mass is 16.1. The third-order valence-corrected chi connectivity index (χ3v) is 5.21. The van der Waals surface area contributed by atoms with Gasteiger partial charge in [0.2, 0.25) is 0 Å². The molecule has 0 aliphatic rings. The van der Waals surface area contributed by atoms with E-state index in [1.807, 2.05) is 30.3 Å². The predicted octanol–water partition coefficient (Wildman–Crippen LogP) is 2.85. The zero-order valence-corrected chi connectivity index (χ0v) is 15.9. The molecule has 0 atom stereocenters. The van der Waals surface area contributed by atoms with Crippen LogP contribution in [-0.2, 0) is 0 Å². The lowest BCUT2D eigenvalue weighted by Crippen LogP contribution is -2.17. The molecule has 0 aliphatic heterocycles. The lowest BCUT2D eigenvalue weighted by atomic mass is 10.1. The Labute approximate surface area is 175 Å². The number of hydrogen-bond donors (Lipinski definition) is 0. The molecule has 0 bridgehead atoms. The molecule has 0 spiro atoms. The number of fused-ring (bicyclic) bond motifs is 4. The van der Waals surface area contributed by atoms with Gasteiger partial charge >= 0.3 is 0 Å². The summed E-state index contributed by atoms with van der Waals surface area (Å²) in [4.78, 5) is 22.2. The normalized spacial score (nSPS) is 10.6. The Morgan fingerprint density at radius 3 is 2.35 bits per heavy atom. The van der Waals surface area contributed by atoms with E-state index in [4.69, 9.17) is 0 Å². The molecule has 0 amide bonds. The van der Waals surface area contributed by atoms with Gasteiger partial charge in [0.15, 0.2) is 5.65 Å². The van der Waals surface area contributed by atoms with Crippen molar-refractivity contribution in [2.24, 2.45) is 0 Å². The van der Waals surface area contributed by atoms with Gasteiger partial charge in [-0.05, 0) is 53.6 Å². The van der Waals surface area contributed by atoms with Crippen molar-refractivity contribution in [1.82, 2.24) is 14.4 Å². The third kappa shape index (κ3) is 2.61. The topological polar surface area (TPSA) is 119 Å². The molecule has 7 heteroatoms. The summed E-state index contributed by atoms with van der Waals surface area (Å²) in [5.41, 5.74) is 2.80. The molecule has 5 aromatic rings. The number of aromatic nitrogens is 3. The number of pyridine rings is 1. The fourth-order valence-electron chi connectivity index (χ4n) is 3.81. The van der Waals surface area contributed by atoms with Gasteiger partial charge in [0.05, 0.1) is 33.3 Å². The minimum absolute atomic E-state index is 0.165. The number of rotatable bonds is 1. The smallest absolute Gasteiger partial charge is 0.266 e. The standard InChI is InChI=1S/C24H10N6O/c25-11-14-1-4-21-19(9-14)22(17(12-26)13-27)23-29-20-3-2-16(15-5-7-28-8-6-15)10-18(20)24(31)30(21)23/h1-10H. The van der Waals surface area contributed by atoms with Crippen LogP contribution in [-0.4, -0.2) is 14.4 Å². The molecule has 0 aliphatic carbocycles. The summed E-state index contributed by atoms with van der Waals surface area (Å²) < 4.78 is 1.40. The molecule has 3 aromatic heterocycles. The molecule has 2 aromatic carbocycles. The quantitative estimate of drug-likeness (QED) is 0.428. The van der Waals surface area contributed by atoms with Crippen molar-refractivity contribution in [2.75, 3.05) is 0 Å². The first kappa shape index (κ1) is 18.0. The van der Waals surface area contributed by atoms with Gasteiger partial charge < -0.3 is 0 Å². The Morgan fingerprint density at radius 1 is 0.871 bits per heavy atom. The van der Waals surface area contributed by atoms with Crippen molar-refractivity contribution in [3.8, 4) is 29.3 Å². The van der Waals surface area contributed by atoms with Crippen molar-refractivity contribution in [2.45, 2.75) is 0 Å². The van der Waals surface area contributed by atoms with Gasteiger partial charge in [0.25, 0.3) is 5.56 Å². The zero-order valence-electron chi connectivity index (χ0n) is 15.9. The maximum absolute atomic E-state index is 13.5. The van der Waals surface area contributed by atoms with E-state index in [1.54, 1.807) is 42.7 Å². The van der Waals surface area contributed by atoms with Crippen molar-refractivity contribution < 1.29 is 0 Å². The second-order valence-corrected chi connectivity index (χ2v) is 6.86. The number of benzene rings is 2. The summed E-state index contributed by atoms with van der Waals surface area (Å²) in [6, 6.07) is 19.7. The van der Waals surface area contributed by atoms with E-state index in [0.29, 0.717) is 27.4 Å². The Bertz CT molecular complexity index is 1760. The van der Waals surface area contributed by atoms with Crippen LogP contribution >= 0.6 is 0 Å². The van der Waals surface area contributed by atoms with E-state index in [-0.39, 0.29) is 22.0 Å². The van der Waals surface area contributed by atoms with Gasteiger partial charge in [0.1, 0.15) is 17.7 Å². The highest BCUT2D eigenvalue weighted by Crippen LogP contribution is 2.23. The summed E-state index contributed by atoms with van der Waals surface area (Å²) in [6.45, 7) is 0. The minimum atomic E-state index is -0.313.